The zero-order valence-electron chi connectivity index (χ0n) is 21.8. The molecular formula is C33H33ClN2O2. The van der Waals surface area contributed by atoms with E-state index in [1.807, 2.05) is 24.3 Å². The molecule has 4 aromatic rings. The van der Waals surface area contributed by atoms with Crippen molar-refractivity contribution in [1.29, 1.82) is 0 Å². The fraction of sp³-hybridized carbons (Fsp3) is 0.242. The molecular weight excluding hydrogens is 492 g/mol. The highest BCUT2D eigenvalue weighted by atomic mass is 35.5. The molecule has 0 bridgehead atoms. The van der Waals surface area contributed by atoms with Crippen molar-refractivity contribution < 1.29 is 9.53 Å². The summed E-state index contributed by atoms with van der Waals surface area (Å²) in [5.74, 6) is -0.274. The Kier molecular flexibility index (Phi) is 8.42. The minimum Gasteiger partial charge on any atom is -0.465 e. The summed E-state index contributed by atoms with van der Waals surface area (Å²) in [6.07, 6.45) is 1.68. The van der Waals surface area contributed by atoms with Gasteiger partial charge >= 0.3 is 5.97 Å². The Morgan fingerprint density at radius 1 is 0.789 bits per heavy atom. The number of halogens is 1. The fourth-order valence-electron chi connectivity index (χ4n) is 5.19. The molecule has 5 heteroatoms. The Labute approximate surface area is 230 Å². The van der Waals surface area contributed by atoms with Crippen LogP contribution in [0.25, 0.3) is 11.1 Å². The second kappa shape index (κ2) is 12.3. The largest absolute Gasteiger partial charge is 0.465 e. The van der Waals surface area contributed by atoms with Gasteiger partial charge < -0.3 is 9.64 Å². The van der Waals surface area contributed by atoms with E-state index in [1.165, 1.54) is 35.1 Å². The zero-order valence-corrected chi connectivity index (χ0v) is 22.5. The second-order valence-electron chi connectivity index (χ2n) is 9.75. The van der Waals surface area contributed by atoms with E-state index >= 15 is 0 Å². The Balaban J connectivity index is 1.26. The average Bonchev–Trinajstić information content (AvgIpc) is 2.97. The predicted molar refractivity (Wildman–Crippen MR) is 156 cm³/mol. The lowest BCUT2D eigenvalue weighted by molar-refractivity contribution is 0.0599. The maximum absolute atomic E-state index is 12.4. The first-order valence-electron chi connectivity index (χ1n) is 13.2. The van der Waals surface area contributed by atoms with E-state index in [-0.39, 0.29) is 5.97 Å². The molecule has 1 fully saturated rings. The van der Waals surface area contributed by atoms with Gasteiger partial charge in [-0.25, -0.2) is 4.79 Å². The molecule has 0 atom stereocenters. The first-order valence-corrected chi connectivity index (χ1v) is 13.5. The number of hydrogen-bond acceptors (Lipinski definition) is 4. The van der Waals surface area contributed by atoms with Crippen molar-refractivity contribution in [3.8, 4) is 11.1 Å². The van der Waals surface area contributed by atoms with E-state index in [4.69, 9.17) is 16.3 Å². The van der Waals surface area contributed by atoms with Crippen molar-refractivity contribution in [3.63, 3.8) is 0 Å². The minimum atomic E-state index is -0.274. The van der Waals surface area contributed by atoms with Gasteiger partial charge in [0.25, 0.3) is 0 Å². The summed E-state index contributed by atoms with van der Waals surface area (Å²) in [4.78, 5) is 17.4. The van der Waals surface area contributed by atoms with Gasteiger partial charge in [0.2, 0.25) is 0 Å². The molecule has 4 nitrogen and oxygen atoms in total. The topological polar surface area (TPSA) is 32.8 Å². The molecule has 1 aliphatic heterocycles. The van der Waals surface area contributed by atoms with Crippen LogP contribution in [-0.4, -0.2) is 44.2 Å². The van der Waals surface area contributed by atoms with E-state index in [0.29, 0.717) is 5.56 Å². The highest BCUT2D eigenvalue weighted by Crippen LogP contribution is 2.28. The Bertz CT molecular complexity index is 1360. The number of anilines is 1. The predicted octanol–water partition coefficient (Wildman–Crippen LogP) is 6.90. The van der Waals surface area contributed by atoms with E-state index < -0.39 is 0 Å². The number of nitrogens with zero attached hydrogens (tertiary/aromatic N) is 2. The third-order valence-electron chi connectivity index (χ3n) is 7.32. The molecule has 0 aliphatic carbocycles. The molecule has 0 radical (unpaired) electrons. The van der Waals surface area contributed by atoms with Gasteiger partial charge in [-0.2, -0.15) is 0 Å². The molecule has 0 aromatic heterocycles. The van der Waals surface area contributed by atoms with Gasteiger partial charge in [-0.3, -0.25) is 4.90 Å². The molecule has 5 rings (SSSR count). The lowest BCUT2D eigenvalue weighted by Crippen LogP contribution is -2.46. The number of carbonyl (C=O) groups is 1. The molecule has 0 N–H and O–H groups in total. The molecule has 38 heavy (non-hydrogen) atoms. The highest BCUT2D eigenvalue weighted by molar-refractivity contribution is 6.30. The van der Waals surface area contributed by atoms with Crippen LogP contribution in [-0.2, 0) is 24.1 Å². The lowest BCUT2D eigenvalue weighted by atomic mass is 9.98. The number of hydrogen-bond donors (Lipinski definition) is 0. The van der Waals surface area contributed by atoms with Gasteiger partial charge in [0.1, 0.15) is 0 Å². The van der Waals surface area contributed by atoms with Gasteiger partial charge in [-0.1, -0.05) is 78.3 Å². The monoisotopic (exact) mass is 524 g/mol. The van der Waals surface area contributed by atoms with Gasteiger partial charge in [0.15, 0.2) is 0 Å². The van der Waals surface area contributed by atoms with Crippen molar-refractivity contribution in [3.05, 3.63) is 124 Å². The van der Waals surface area contributed by atoms with Crippen LogP contribution in [0.3, 0.4) is 0 Å². The van der Waals surface area contributed by atoms with Crippen LogP contribution in [0.1, 0.15) is 27.0 Å². The number of carbonyl (C=O) groups excluding carboxylic acids is 1. The zero-order chi connectivity index (χ0) is 26.3. The van der Waals surface area contributed by atoms with Crippen LogP contribution >= 0.6 is 11.6 Å². The van der Waals surface area contributed by atoms with Crippen LogP contribution in [0.15, 0.2) is 97.1 Å². The summed E-state index contributed by atoms with van der Waals surface area (Å²) in [5, 5.41) is 0.755. The molecule has 0 unspecified atom stereocenters. The maximum Gasteiger partial charge on any atom is 0.338 e. The third-order valence-corrected chi connectivity index (χ3v) is 7.58. The number of methoxy groups -OCH3 is 1. The first-order chi connectivity index (χ1) is 18.6. The number of benzene rings is 4. The van der Waals surface area contributed by atoms with E-state index in [0.717, 1.165) is 56.2 Å². The van der Waals surface area contributed by atoms with Crippen molar-refractivity contribution >= 4 is 23.3 Å². The number of esters is 1. The summed E-state index contributed by atoms with van der Waals surface area (Å²) >= 11 is 6.11. The van der Waals surface area contributed by atoms with Crippen molar-refractivity contribution in [1.82, 2.24) is 4.90 Å². The number of aryl methyl sites for hydroxylation is 2. The maximum atomic E-state index is 12.4. The normalized spacial score (nSPS) is 13.9. The van der Waals surface area contributed by atoms with Crippen LogP contribution in [0, 0.1) is 0 Å². The smallest absolute Gasteiger partial charge is 0.338 e. The molecule has 1 aliphatic rings. The van der Waals surface area contributed by atoms with Crippen molar-refractivity contribution in [2.24, 2.45) is 0 Å². The van der Waals surface area contributed by atoms with Crippen molar-refractivity contribution in [2.45, 2.75) is 19.4 Å². The summed E-state index contributed by atoms with van der Waals surface area (Å²) in [7, 11) is 1.45. The molecule has 1 heterocycles. The van der Waals surface area contributed by atoms with Gasteiger partial charge in [-0.15, -0.1) is 0 Å². The quantitative estimate of drug-likeness (QED) is 0.235. The number of piperazine rings is 1. The standard InChI is InChI=1S/C33H33ClN2O2/c1-38-33(37)32-18-17-30(23-27(32)12-11-25-7-3-2-4-8-25)36-21-19-35(20-22-36)24-28-9-5-6-10-31(28)26-13-15-29(34)16-14-26/h2-10,13-18,23H,11-12,19-22,24H2,1H3. The van der Waals surface area contributed by atoms with Gasteiger partial charge in [-0.05, 0) is 71.0 Å². The lowest BCUT2D eigenvalue weighted by Gasteiger charge is -2.36. The summed E-state index contributed by atoms with van der Waals surface area (Å²) in [5.41, 5.74) is 7.91. The highest BCUT2D eigenvalue weighted by Gasteiger charge is 2.20. The summed E-state index contributed by atoms with van der Waals surface area (Å²) in [6, 6.07) is 33.3. The van der Waals surface area contributed by atoms with E-state index in [1.54, 1.807) is 0 Å². The van der Waals surface area contributed by atoms with Gasteiger partial charge in [0.05, 0.1) is 12.7 Å². The fourth-order valence-corrected chi connectivity index (χ4v) is 5.32. The summed E-state index contributed by atoms with van der Waals surface area (Å²) in [6.45, 7) is 4.76. The van der Waals surface area contributed by atoms with E-state index in [9.17, 15) is 4.79 Å². The van der Waals surface area contributed by atoms with Crippen LogP contribution in [0.5, 0.6) is 0 Å². The second-order valence-corrected chi connectivity index (χ2v) is 10.2. The Morgan fingerprint density at radius 3 is 2.24 bits per heavy atom. The van der Waals surface area contributed by atoms with Crippen LogP contribution in [0.4, 0.5) is 5.69 Å². The van der Waals surface area contributed by atoms with Crippen LogP contribution in [0.2, 0.25) is 5.02 Å². The molecule has 4 aromatic carbocycles. The van der Waals surface area contributed by atoms with Gasteiger partial charge in [0, 0.05) is 43.4 Å². The molecule has 0 amide bonds. The number of rotatable bonds is 8. The molecule has 1 saturated heterocycles. The minimum absolute atomic E-state index is 0.274. The summed E-state index contributed by atoms with van der Waals surface area (Å²) < 4.78 is 5.07. The Hall–Kier alpha value is -3.60. The first kappa shape index (κ1) is 26.0. The SMILES string of the molecule is COC(=O)c1ccc(N2CCN(Cc3ccccc3-c3ccc(Cl)cc3)CC2)cc1CCc1ccccc1. The molecule has 0 saturated carbocycles. The number of ether oxygens (including phenoxy) is 1. The Morgan fingerprint density at radius 2 is 1.50 bits per heavy atom. The van der Waals surface area contributed by atoms with E-state index in [2.05, 4.69) is 82.6 Å². The average molecular weight is 525 g/mol. The third kappa shape index (κ3) is 6.27. The molecule has 0 spiro atoms. The van der Waals surface area contributed by atoms with Crippen LogP contribution < -0.4 is 4.90 Å². The molecule has 194 valence electrons. The van der Waals surface area contributed by atoms with Crippen molar-refractivity contribution in [2.75, 3.05) is 38.2 Å².